The molecule has 0 N–H and O–H groups in total. The summed E-state index contributed by atoms with van der Waals surface area (Å²) < 4.78 is 12.5. The first kappa shape index (κ1) is 33.4. The molecule has 0 radical (unpaired) electrons. The predicted molar refractivity (Wildman–Crippen MR) is 193 cm³/mol. The molecule has 0 atom stereocenters. The summed E-state index contributed by atoms with van der Waals surface area (Å²) in [6.07, 6.45) is 9.12. The van der Waals surface area contributed by atoms with Gasteiger partial charge in [-0.3, -0.25) is 4.57 Å². The SMILES string of the molecule is CC(C)(C)c1cnc(-[n+]2[c-]n(-c3[c-]c(Oc4[c-]c5c(cc4)c4ccccc4n5-c4cc(C(C)(C)C)ccn4)ccc3)c3ccccc32)nc1.[Pt]. The van der Waals surface area contributed by atoms with E-state index in [0.717, 1.165) is 49.9 Å². The van der Waals surface area contributed by atoms with Gasteiger partial charge in [0.15, 0.2) is 6.33 Å². The second-order valence-corrected chi connectivity index (χ2v) is 14.4. The van der Waals surface area contributed by atoms with E-state index in [1.54, 1.807) is 0 Å². The van der Waals surface area contributed by atoms with E-state index < -0.39 is 0 Å². The molecule has 0 unspecified atom stereocenters. The molecule has 8 rings (SSSR count). The number of fused-ring (bicyclic) bond motifs is 4. The molecule has 0 fully saturated rings. The monoisotopic (exact) mass is 835 g/mol. The van der Waals surface area contributed by atoms with E-state index in [0.29, 0.717) is 17.4 Å². The largest absolute Gasteiger partial charge is 0.510 e. The van der Waals surface area contributed by atoms with Gasteiger partial charge in [0.1, 0.15) is 5.82 Å². The summed E-state index contributed by atoms with van der Waals surface area (Å²) >= 11 is 0. The maximum Gasteiger partial charge on any atom is 0.322 e. The Balaban J connectivity index is 0.00000392. The van der Waals surface area contributed by atoms with Gasteiger partial charge in [-0.05, 0) is 40.0 Å². The molecule has 0 amide bonds. The number of ether oxygens (including phenoxy) is 1. The molecule has 4 aromatic carbocycles. The molecule has 4 aromatic heterocycles. The second kappa shape index (κ2) is 12.6. The Morgan fingerprint density at radius 2 is 1.36 bits per heavy atom. The van der Waals surface area contributed by atoms with Crippen LogP contribution in [0.25, 0.3) is 50.3 Å². The van der Waals surface area contributed by atoms with Gasteiger partial charge in [0.25, 0.3) is 0 Å². The van der Waals surface area contributed by atoms with Crippen LogP contribution in [0.15, 0.2) is 110 Å². The van der Waals surface area contributed by atoms with Gasteiger partial charge in [0.05, 0.1) is 12.4 Å². The average Bonchev–Trinajstić information content (AvgIpc) is 3.64. The van der Waals surface area contributed by atoms with Crippen molar-refractivity contribution in [3.63, 3.8) is 0 Å². The number of rotatable bonds is 5. The van der Waals surface area contributed by atoms with Crippen LogP contribution < -0.4 is 9.30 Å². The van der Waals surface area contributed by atoms with Crippen molar-refractivity contribution in [1.82, 2.24) is 24.1 Å². The van der Waals surface area contributed by atoms with Crippen molar-refractivity contribution in [2.45, 2.75) is 52.4 Å². The van der Waals surface area contributed by atoms with Crippen LogP contribution in [-0.2, 0) is 31.9 Å². The van der Waals surface area contributed by atoms with Crippen LogP contribution in [0.1, 0.15) is 52.7 Å². The fourth-order valence-corrected chi connectivity index (χ4v) is 6.13. The molecule has 4 heterocycles. The number of aromatic nitrogens is 6. The fourth-order valence-electron chi connectivity index (χ4n) is 6.13. The second-order valence-electron chi connectivity index (χ2n) is 14.4. The van der Waals surface area contributed by atoms with Crippen LogP contribution in [0.3, 0.4) is 0 Å². The van der Waals surface area contributed by atoms with Crippen molar-refractivity contribution in [1.29, 1.82) is 0 Å². The molecule has 8 aromatic rings. The van der Waals surface area contributed by atoms with E-state index in [4.69, 9.17) is 19.7 Å². The van der Waals surface area contributed by atoms with Crippen LogP contribution in [0.2, 0.25) is 0 Å². The fraction of sp³-hybridized carbons (Fsp3) is 0.190. The number of para-hydroxylation sites is 3. The van der Waals surface area contributed by atoms with Gasteiger partial charge in [-0.15, -0.1) is 29.7 Å². The minimum Gasteiger partial charge on any atom is -0.510 e. The summed E-state index contributed by atoms with van der Waals surface area (Å²) in [4.78, 5) is 14.2. The molecule has 252 valence electrons. The first-order valence-corrected chi connectivity index (χ1v) is 16.5. The van der Waals surface area contributed by atoms with Gasteiger partial charge >= 0.3 is 5.95 Å². The third-order valence-corrected chi connectivity index (χ3v) is 8.88. The maximum absolute atomic E-state index is 6.46. The summed E-state index contributed by atoms with van der Waals surface area (Å²) in [5, 5.41) is 2.22. The Morgan fingerprint density at radius 3 is 2.12 bits per heavy atom. The zero-order chi connectivity index (χ0) is 33.9. The van der Waals surface area contributed by atoms with Gasteiger partial charge in [0.2, 0.25) is 0 Å². The normalized spacial score (nSPS) is 12.0. The molecule has 0 bridgehead atoms. The first-order valence-electron chi connectivity index (χ1n) is 16.5. The Labute approximate surface area is 306 Å². The smallest absolute Gasteiger partial charge is 0.322 e. The third-order valence-electron chi connectivity index (χ3n) is 8.88. The molecule has 0 aliphatic rings. The van der Waals surface area contributed by atoms with Crippen molar-refractivity contribution in [3.8, 4) is 29.0 Å². The minimum atomic E-state index is -0.0386. The average molecular weight is 836 g/mol. The molecule has 0 saturated carbocycles. The summed E-state index contributed by atoms with van der Waals surface area (Å²) in [5.41, 5.74) is 6.86. The quantitative estimate of drug-likeness (QED) is 0.128. The molecule has 0 saturated heterocycles. The topological polar surface area (TPSA) is 61.6 Å². The van der Waals surface area contributed by atoms with Crippen LogP contribution in [0, 0.1) is 18.5 Å². The van der Waals surface area contributed by atoms with E-state index in [1.165, 1.54) is 5.56 Å². The van der Waals surface area contributed by atoms with E-state index in [9.17, 15) is 0 Å². The number of hydrogen-bond donors (Lipinski definition) is 0. The summed E-state index contributed by atoms with van der Waals surface area (Å²) in [5.74, 6) is 2.55. The number of pyridine rings is 1. The summed E-state index contributed by atoms with van der Waals surface area (Å²) in [7, 11) is 0. The van der Waals surface area contributed by atoms with Gasteiger partial charge in [0, 0.05) is 60.9 Å². The number of benzene rings is 4. The van der Waals surface area contributed by atoms with Gasteiger partial charge in [-0.1, -0.05) is 95.2 Å². The van der Waals surface area contributed by atoms with E-state index >= 15 is 0 Å². The van der Waals surface area contributed by atoms with Crippen LogP contribution >= 0.6 is 0 Å². The Kier molecular flexibility index (Phi) is 8.43. The van der Waals surface area contributed by atoms with Crippen molar-refractivity contribution >= 4 is 32.8 Å². The molecule has 7 nitrogen and oxygen atoms in total. The maximum atomic E-state index is 6.46. The Hall–Kier alpha value is -5.13. The summed E-state index contributed by atoms with van der Waals surface area (Å²) in [6.45, 7) is 13.1. The van der Waals surface area contributed by atoms with Crippen molar-refractivity contribution in [2.24, 2.45) is 0 Å². The van der Waals surface area contributed by atoms with Gasteiger partial charge in [-0.2, -0.15) is 28.2 Å². The van der Waals surface area contributed by atoms with E-state index in [1.807, 2.05) is 70.2 Å². The number of nitrogens with zero attached hydrogens (tertiary/aromatic N) is 6. The predicted octanol–water partition coefficient (Wildman–Crippen LogP) is 8.97. The Morgan fingerprint density at radius 1 is 0.660 bits per heavy atom. The standard InChI is InChI=1S/C42H36N6O.Pt/c1-41(2,3)28-20-21-43-39(22-28)48-35-15-8-7-14-33(35)34-19-18-32(24-38(34)48)49-31-13-11-12-30(23-31)46-27-47(37-17-10-9-16-36(37)46)40-44-25-29(26-45-40)42(4,5)6;/h7-22,25-26H,1-6H3;/q-2;. The van der Waals surface area contributed by atoms with Crippen molar-refractivity contribution < 1.29 is 30.4 Å². The molecular formula is C42H36N6OPt-2. The molecular weight excluding hydrogens is 800 g/mol. The Bertz CT molecular complexity index is 2500. The van der Waals surface area contributed by atoms with Crippen LogP contribution in [0.5, 0.6) is 11.5 Å². The number of imidazole rings is 1. The van der Waals surface area contributed by atoms with E-state index in [-0.39, 0.29) is 31.9 Å². The van der Waals surface area contributed by atoms with Crippen molar-refractivity contribution in [3.05, 3.63) is 139 Å². The molecule has 0 spiro atoms. The van der Waals surface area contributed by atoms with E-state index in [2.05, 4.69) is 113 Å². The van der Waals surface area contributed by atoms with Gasteiger partial charge < -0.3 is 13.9 Å². The molecule has 50 heavy (non-hydrogen) atoms. The zero-order valence-corrected chi connectivity index (χ0v) is 31.1. The van der Waals surface area contributed by atoms with Crippen molar-refractivity contribution in [2.75, 3.05) is 0 Å². The van der Waals surface area contributed by atoms with Crippen LogP contribution in [0.4, 0.5) is 0 Å². The third kappa shape index (κ3) is 6.00. The van der Waals surface area contributed by atoms with Gasteiger partial charge in [-0.25, -0.2) is 4.98 Å². The minimum absolute atomic E-state index is 0. The first-order chi connectivity index (χ1) is 23.5. The summed E-state index contributed by atoms with van der Waals surface area (Å²) in [6, 6.07) is 37.7. The zero-order valence-electron chi connectivity index (χ0n) is 28.8. The molecule has 0 aliphatic carbocycles. The number of hydrogen-bond acceptors (Lipinski definition) is 4. The van der Waals surface area contributed by atoms with Crippen LogP contribution in [-0.4, -0.2) is 24.1 Å². The molecule has 0 aliphatic heterocycles. The molecule has 8 heteroatoms.